The summed E-state index contributed by atoms with van der Waals surface area (Å²) in [6, 6.07) is 9.86. The van der Waals surface area contributed by atoms with E-state index in [9.17, 15) is 4.79 Å². The highest BCUT2D eigenvalue weighted by molar-refractivity contribution is 7.11. The lowest BCUT2D eigenvalue weighted by molar-refractivity contribution is 0.0506. The number of aromatic carboxylic acids is 1. The van der Waals surface area contributed by atoms with Crippen molar-refractivity contribution in [3.63, 3.8) is 0 Å². The average molecular weight is 263 g/mol. The Kier molecular flexibility index (Phi) is 4.07. The quantitative estimate of drug-likeness (QED) is 0.900. The smallest absolute Gasteiger partial charge is 0.365 e. The highest BCUT2D eigenvalue weighted by Crippen LogP contribution is 2.18. The molecule has 0 aliphatic carbocycles. The summed E-state index contributed by atoms with van der Waals surface area (Å²) in [5.74, 6) is -0.998. The van der Waals surface area contributed by atoms with Crippen LogP contribution in [0.15, 0.2) is 35.7 Å². The Morgan fingerprint density at radius 2 is 2.17 bits per heavy atom. The number of hydrogen-bond donors (Lipinski definition) is 1. The molecule has 0 aliphatic heterocycles. The fourth-order valence-corrected chi connectivity index (χ4v) is 2.14. The maximum absolute atomic E-state index is 10.7. The second-order valence-electron chi connectivity index (χ2n) is 3.81. The van der Waals surface area contributed by atoms with E-state index in [2.05, 4.69) is 4.98 Å². The number of hydrogen-bond acceptors (Lipinski definition) is 4. The van der Waals surface area contributed by atoms with Gasteiger partial charge < -0.3 is 9.84 Å². The van der Waals surface area contributed by atoms with Crippen LogP contribution in [0.5, 0.6) is 0 Å². The van der Waals surface area contributed by atoms with E-state index in [0.29, 0.717) is 12.3 Å². The minimum absolute atomic E-state index is 0.0406. The summed E-state index contributed by atoms with van der Waals surface area (Å²) in [6.07, 6.45) is -0.0406. The summed E-state index contributed by atoms with van der Waals surface area (Å²) in [5, 5.41) is 10.6. The Hall–Kier alpha value is -1.72. The van der Waals surface area contributed by atoms with Gasteiger partial charge in [-0.15, -0.1) is 11.3 Å². The molecule has 0 saturated carbocycles. The Morgan fingerprint density at radius 1 is 1.44 bits per heavy atom. The number of aromatic nitrogens is 1. The van der Waals surface area contributed by atoms with Crippen molar-refractivity contribution in [1.29, 1.82) is 0 Å². The molecule has 1 heterocycles. The minimum Gasteiger partial charge on any atom is -0.476 e. The summed E-state index contributed by atoms with van der Waals surface area (Å²) in [7, 11) is 0. The number of carbonyl (C=O) groups is 1. The van der Waals surface area contributed by atoms with Gasteiger partial charge in [-0.25, -0.2) is 9.78 Å². The largest absolute Gasteiger partial charge is 0.476 e. The van der Waals surface area contributed by atoms with Crippen LogP contribution in [0, 0.1) is 0 Å². The third kappa shape index (κ3) is 3.15. The van der Waals surface area contributed by atoms with Gasteiger partial charge in [0.05, 0.1) is 18.4 Å². The maximum atomic E-state index is 10.7. The van der Waals surface area contributed by atoms with E-state index in [1.165, 1.54) is 0 Å². The van der Waals surface area contributed by atoms with E-state index < -0.39 is 5.97 Å². The zero-order chi connectivity index (χ0) is 13.0. The van der Waals surface area contributed by atoms with Crippen LogP contribution < -0.4 is 0 Å². The molecule has 0 spiro atoms. The van der Waals surface area contributed by atoms with Crippen LogP contribution in [0.2, 0.25) is 0 Å². The summed E-state index contributed by atoms with van der Waals surface area (Å²) in [5.41, 5.74) is 1.74. The molecule has 0 amide bonds. The molecule has 1 atom stereocenters. The standard InChI is InChI=1S/C13H13NO3S/c1-9(10-5-3-2-4-6-10)17-7-11-8-18-12(14-11)13(15)16/h2-6,8-9H,7H2,1H3,(H,15,16). The fourth-order valence-electron chi connectivity index (χ4n) is 1.50. The van der Waals surface area contributed by atoms with Crippen LogP contribution in [0.4, 0.5) is 0 Å². The summed E-state index contributed by atoms with van der Waals surface area (Å²) in [6.45, 7) is 2.28. The monoisotopic (exact) mass is 263 g/mol. The predicted octanol–water partition coefficient (Wildman–Crippen LogP) is 3.12. The van der Waals surface area contributed by atoms with Gasteiger partial charge in [0, 0.05) is 5.38 Å². The van der Waals surface area contributed by atoms with Gasteiger partial charge in [0.25, 0.3) is 0 Å². The van der Waals surface area contributed by atoms with Crippen molar-refractivity contribution in [3.8, 4) is 0 Å². The first-order valence-corrected chi connectivity index (χ1v) is 6.39. The lowest BCUT2D eigenvalue weighted by Gasteiger charge is -2.12. The molecule has 1 N–H and O–H groups in total. The second kappa shape index (κ2) is 5.75. The maximum Gasteiger partial charge on any atom is 0.365 e. The number of carboxylic acids is 1. The predicted molar refractivity (Wildman–Crippen MR) is 68.7 cm³/mol. The molecule has 5 heteroatoms. The first kappa shape index (κ1) is 12.7. The molecule has 2 rings (SSSR count). The van der Waals surface area contributed by atoms with Crippen LogP contribution in [-0.4, -0.2) is 16.1 Å². The van der Waals surface area contributed by atoms with Crippen LogP contribution in [0.25, 0.3) is 0 Å². The minimum atomic E-state index is -0.998. The number of nitrogens with zero attached hydrogens (tertiary/aromatic N) is 1. The molecule has 1 unspecified atom stereocenters. The van der Waals surface area contributed by atoms with Crippen molar-refractivity contribution in [2.75, 3.05) is 0 Å². The molecule has 4 nitrogen and oxygen atoms in total. The van der Waals surface area contributed by atoms with E-state index in [4.69, 9.17) is 9.84 Å². The Bertz CT molecular complexity index is 524. The molecule has 1 aromatic carbocycles. The van der Waals surface area contributed by atoms with Crippen molar-refractivity contribution < 1.29 is 14.6 Å². The Morgan fingerprint density at radius 3 is 2.78 bits per heavy atom. The fraction of sp³-hybridized carbons (Fsp3) is 0.231. The topological polar surface area (TPSA) is 59.4 Å². The van der Waals surface area contributed by atoms with E-state index in [-0.39, 0.29) is 11.1 Å². The lowest BCUT2D eigenvalue weighted by Crippen LogP contribution is -2.01. The molecule has 0 bridgehead atoms. The summed E-state index contributed by atoms with van der Waals surface area (Å²) in [4.78, 5) is 14.7. The van der Waals surface area contributed by atoms with E-state index >= 15 is 0 Å². The Labute approximate surface area is 109 Å². The molecule has 18 heavy (non-hydrogen) atoms. The van der Waals surface area contributed by atoms with Crippen LogP contribution in [0.1, 0.15) is 34.1 Å². The molecule has 0 fully saturated rings. The number of ether oxygens (including phenoxy) is 1. The number of benzene rings is 1. The number of carboxylic acid groups (broad SMARTS) is 1. The first-order valence-electron chi connectivity index (χ1n) is 5.51. The Balaban J connectivity index is 1.93. The van der Waals surface area contributed by atoms with E-state index in [1.807, 2.05) is 37.3 Å². The van der Waals surface area contributed by atoms with Crippen molar-refractivity contribution in [1.82, 2.24) is 4.98 Å². The van der Waals surface area contributed by atoms with Gasteiger partial charge in [-0.05, 0) is 12.5 Å². The molecular formula is C13H13NO3S. The van der Waals surface area contributed by atoms with Crippen molar-refractivity contribution in [2.45, 2.75) is 19.6 Å². The molecule has 0 aliphatic rings. The number of thiazole rings is 1. The SMILES string of the molecule is CC(OCc1csc(C(=O)O)n1)c1ccccc1. The highest BCUT2D eigenvalue weighted by Gasteiger charge is 2.10. The van der Waals surface area contributed by atoms with Gasteiger partial charge in [-0.1, -0.05) is 30.3 Å². The average Bonchev–Trinajstić information content (AvgIpc) is 2.86. The lowest BCUT2D eigenvalue weighted by atomic mass is 10.1. The molecule has 0 radical (unpaired) electrons. The molecule has 2 aromatic rings. The molecule has 94 valence electrons. The normalized spacial score (nSPS) is 12.3. The summed E-state index contributed by atoms with van der Waals surface area (Å²) < 4.78 is 5.66. The zero-order valence-electron chi connectivity index (χ0n) is 9.87. The van der Waals surface area contributed by atoms with Gasteiger partial charge in [-0.2, -0.15) is 0 Å². The zero-order valence-corrected chi connectivity index (χ0v) is 10.7. The molecule has 1 aromatic heterocycles. The van der Waals surface area contributed by atoms with Crippen LogP contribution in [0.3, 0.4) is 0 Å². The van der Waals surface area contributed by atoms with Gasteiger partial charge in [0.1, 0.15) is 0 Å². The molecular weight excluding hydrogens is 250 g/mol. The van der Waals surface area contributed by atoms with Gasteiger partial charge in [-0.3, -0.25) is 0 Å². The van der Waals surface area contributed by atoms with Crippen molar-refractivity contribution >= 4 is 17.3 Å². The second-order valence-corrected chi connectivity index (χ2v) is 4.67. The van der Waals surface area contributed by atoms with Gasteiger partial charge in [0.2, 0.25) is 5.01 Å². The van der Waals surface area contributed by atoms with Gasteiger partial charge in [0.15, 0.2) is 0 Å². The molecule has 0 saturated heterocycles. The number of rotatable bonds is 5. The van der Waals surface area contributed by atoms with Gasteiger partial charge >= 0.3 is 5.97 Å². The van der Waals surface area contributed by atoms with Crippen LogP contribution in [-0.2, 0) is 11.3 Å². The van der Waals surface area contributed by atoms with E-state index in [0.717, 1.165) is 16.9 Å². The van der Waals surface area contributed by atoms with Crippen molar-refractivity contribution in [3.05, 3.63) is 52.0 Å². The van der Waals surface area contributed by atoms with Crippen molar-refractivity contribution in [2.24, 2.45) is 0 Å². The van der Waals surface area contributed by atoms with E-state index in [1.54, 1.807) is 5.38 Å². The third-order valence-corrected chi connectivity index (χ3v) is 3.36. The highest BCUT2D eigenvalue weighted by atomic mass is 32.1. The third-order valence-electron chi connectivity index (χ3n) is 2.48. The summed E-state index contributed by atoms with van der Waals surface area (Å²) >= 11 is 1.11. The first-order chi connectivity index (χ1) is 8.66. The van der Waals surface area contributed by atoms with Crippen LogP contribution >= 0.6 is 11.3 Å².